The van der Waals surface area contributed by atoms with Gasteiger partial charge in [0.1, 0.15) is 5.54 Å². The number of aromatic nitrogens is 4. The van der Waals surface area contributed by atoms with Crippen LogP contribution >= 0.6 is 11.8 Å². The van der Waals surface area contributed by atoms with Gasteiger partial charge in [0.2, 0.25) is 11.1 Å². The first-order valence-corrected chi connectivity index (χ1v) is 10.4. The maximum absolute atomic E-state index is 12.7. The average molecular weight is 415 g/mol. The summed E-state index contributed by atoms with van der Waals surface area (Å²) >= 11 is 1.12. The molecule has 1 saturated heterocycles. The monoisotopic (exact) mass is 415 g/mol. The molecule has 2 fully saturated rings. The van der Waals surface area contributed by atoms with E-state index in [1.165, 1.54) is 4.68 Å². The molecule has 152 valence electrons. The third-order valence-corrected chi connectivity index (χ3v) is 6.08. The molecule has 2 aromatic rings. The molecule has 0 radical (unpaired) electrons. The molecule has 1 aliphatic heterocycles. The number of tetrazole rings is 1. The summed E-state index contributed by atoms with van der Waals surface area (Å²) in [7, 11) is 0. The quantitative estimate of drug-likeness (QED) is 0.558. The largest absolute Gasteiger partial charge is 0.344 e. The standard InChI is InChI=1S/C18H21N7O3S/c1-12-5-7-13(8-6-12)24-17(20-22-23-24)29-11-14(26)21-25-15(27)18(19-16(25)28)9-3-2-4-10-18/h5-8H,2-4,9-11H2,1H3,(H,19,28)(H,21,26). The smallest absolute Gasteiger partial charge is 0.322 e. The Balaban J connectivity index is 1.38. The van der Waals surface area contributed by atoms with Gasteiger partial charge in [-0.3, -0.25) is 15.0 Å². The van der Waals surface area contributed by atoms with E-state index in [1.807, 2.05) is 31.2 Å². The summed E-state index contributed by atoms with van der Waals surface area (Å²) in [6.45, 7) is 1.98. The van der Waals surface area contributed by atoms with Gasteiger partial charge in [-0.2, -0.15) is 9.69 Å². The van der Waals surface area contributed by atoms with Crippen LogP contribution in [0.25, 0.3) is 5.69 Å². The number of hydrogen-bond acceptors (Lipinski definition) is 7. The number of imide groups is 1. The summed E-state index contributed by atoms with van der Waals surface area (Å²) < 4.78 is 1.53. The van der Waals surface area contributed by atoms with Crippen molar-refractivity contribution in [3.8, 4) is 5.69 Å². The van der Waals surface area contributed by atoms with Crippen molar-refractivity contribution in [1.82, 2.24) is 36.0 Å². The second-order valence-corrected chi connectivity index (χ2v) is 8.19. The van der Waals surface area contributed by atoms with Gasteiger partial charge < -0.3 is 5.32 Å². The van der Waals surface area contributed by atoms with Crippen LogP contribution in [0, 0.1) is 6.92 Å². The molecule has 2 N–H and O–H groups in total. The molecular formula is C18H21N7O3S. The minimum absolute atomic E-state index is 0.0453. The van der Waals surface area contributed by atoms with Crippen molar-refractivity contribution in [2.45, 2.75) is 49.7 Å². The normalized spacial score (nSPS) is 18.2. The molecule has 1 saturated carbocycles. The van der Waals surface area contributed by atoms with E-state index < -0.39 is 17.5 Å². The van der Waals surface area contributed by atoms with Crippen LogP contribution in [0.15, 0.2) is 29.4 Å². The van der Waals surface area contributed by atoms with Crippen molar-refractivity contribution in [3.63, 3.8) is 0 Å². The Morgan fingerprint density at radius 1 is 1.21 bits per heavy atom. The Kier molecular flexibility index (Phi) is 5.22. The van der Waals surface area contributed by atoms with E-state index in [4.69, 9.17) is 0 Å². The molecule has 10 nitrogen and oxygen atoms in total. The van der Waals surface area contributed by atoms with Crippen molar-refractivity contribution in [2.24, 2.45) is 0 Å². The molecule has 0 unspecified atom stereocenters. The van der Waals surface area contributed by atoms with Crippen LogP contribution in [0.2, 0.25) is 0 Å². The van der Waals surface area contributed by atoms with E-state index in [0.717, 1.165) is 47.3 Å². The van der Waals surface area contributed by atoms with Crippen molar-refractivity contribution in [3.05, 3.63) is 29.8 Å². The van der Waals surface area contributed by atoms with Crippen LogP contribution < -0.4 is 10.7 Å². The molecule has 1 aromatic carbocycles. The highest BCUT2D eigenvalue weighted by molar-refractivity contribution is 7.99. The average Bonchev–Trinajstić information content (AvgIpc) is 3.27. The number of benzene rings is 1. The topological polar surface area (TPSA) is 122 Å². The van der Waals surface area contributed by atoms with Crippen molar-refractivity contribution in [2.75, 3.05) is 5.75 Å². The SMILES string of the molecule is Cc1ccc(-n2nnnc2SCC(=O)NN2C(=O)NC3(CCCCC3)C2=O)cc1. The number of hydrogen-bond donors (Lipinski definition) is 2. The van der Waals surface area contributed by atoms with Gasteiger partial charge >= 0.3 is 6.03 Å². The molecular weight excluding hydrogens is 394 g/mol. The summed E-state index contributed by atoms with van der Waals surface area (Å²) in [5.41, 5.74) is 3.43. The number of urea groups is 1. The minimum Gasteiger partial charge on any atom is -0.322 e. The number of carbonyl (C=O) groups excluding carboxylic acids is 3. The molecule has 2 aliphatic rings. The molecule has 1 aromatic heterocycles. The van der Waals surface area contributed by atoms with Crippen LogP contribution in [0.5, 0.6) is 0 Å². The van der Waals surface area contributed by atoms with Gasteiger partial charge in [0, 0.05) is 0 Å². The van der Waals surface area contributed by atoms with E-state index in [9.17, 15) is 14.4 Å². The zero-order valence-electron chi connectivity index (χ0n) is 15.9. The molecule has 1 aliphatic carbocycles. The first kappa shape index (κ1) is 19.4. The van der Waals surface area contributed by atoms with Crippen LogP contribution in [0.1, 0.15) is 37.7 Å². The lowest BCUT2D eigenvalue weighted by molar-refractivity contribution is -0.139. The first-order chi connectivity index (χ1) is 14.0. The number of thioether (sulfide) groups is 1. The predicted molar refractivity (Wildman–Crippen MR) is 104 cm³/mol. The van der Waals surface area contributed by atoms with Crippen LogP contribution in [0.4, 0.5) is 4.79 Å². The van der Waals surface area contributed by atoms with Crippen molar-refractivity contribution >= 4 is 29.6 Å². The van der Waals surface area contributed by atoms with Crippen LogP contribution in [-0.2, 0) is 9.59 Å². The number of amides is 4. The number of nitrogens with zero attached hydrogens (tertiary/aromatic N) is 5. The molecule has 0 bridgehead atoms. The lowest BCUT2D eigenvalue weighted by atomic mass is 9.82. The second kappa shape index (κ2) is 7.82. The number of hydrazine groups is 1. The van der Waals surface area contributed by atoms with E-state index in [-0.39, 0.29) is 11.7 Å². The fraction of sp³-hybridized carbons (Fsp3) is 0.444. The van der Waals surface area contributed by atoms with Gasteiger partial charge in [0.15, 0.2) is 0 Å². The number of rotatable bonds is 5. The Morgan fingerprint density at radius 3 is 2.66 bits per heavy atom. The van der Waals surface area contributed by atoms with Gasteiger partial charge in [0.05, 0.1) is 11.4 Å². The Labute approximate surface area is 171 Å². The lowest BCUT2D eigenvalue weighted by Crippen LogP contribution is -2.51. The van der Waals surface area contributed by atoms with E-state index in [1.54, 1.807) is 0 Å². The number of aryl methyl sites for hydroxylation is 1. The van der Waals surface area contributed by atoms with Crippen molar-refractivity contribution < 1.29 is 14.4 Å². The van der Waals surface area contributed by atoms with Gasteiger partial charge in [-0.05, 0) is 42.3 Å². The zero-order chi connectivity index (χ0) is 20.4. The third kappa shape index (κ3) is 3.82. The minimum atomic E-state index is -0.870. The summed E-state index contributed by atoms with van der Waals surface area (Å²) in [5, 5.41) is 15.6. The molecule has 4 rings (SSSR count). The Bertz CT molecular complexity index is 937. The predicted octanol–water partition coefficient (Wildman–Crippen LogP) is 1.35. The molecule has 1 spiro atoms. The highest BCUT2D eigenvalue weighted by Crippen LogP contribution is 2.33. The van der Waals surface area contributed by atoms with Crippen molar-refractivity contribution in [1.29, 1.82) is 0 Å². The van der Waals surface area contributed by atoms with Crippen LogP contribution in [0.3, 0.4) is 0 Å². The van der Waals surface area contributed by atoms with E-state index in [2.05, 4.69) is 26.3 Å². The first-order valence-electron chi connectivity index (χ1n) is 9.43. The Morgan fingerprint density at radius 2 is 1.93 bits per heavy atom. The summed E-state index contributed by atoms with van der Waals surface area (Å²) in [6, 6.07) is 7.06. The van der Waals surface area contributed by atoms with Gasteiger partial charge in [-0.25, -0.2) is 4.79 Å². The maximum Gasteiger partial charge on any atom is 0.344 e. The van der Waals surface area contributed by atoms with Crippen LogP contribution in [-0.4, -0.2) is 54.4 Å². The molecule has 11 heteroatoms. The summed E-state index contributed by atoms with van der Waals surface area (Å²) in [4.78, 5) is 37.3. The lowest BCUT2D eigenvalue weighted by Gasteiger charge is -2.30. The van der Waals surface area contributed by atoms with E-state index in [0.29, 0.717) is 18.0 Å². The summed E-state index contributed by atoms with van der Waals surface area (Å²) in [6.07, 6.45) is 4.01. The number of carbonyl (C=O) groups is 3. The third-order valence-electron chi connectivity index (χ3n) is 5.16. The van der Waals surface area contributed by atoms with Gasteiger partial charge in [-0.1, -0.05) is 48.7 Å². The molecule has 0 atom stereocenters. The maximum atomic E-state index is 12.7. The van der Waals surface area contributed by atoms with Gasteiger partial charge in [0.25, 0.3) is 5.91 Å². The van der Waals surface area contributed by atoms with Gasteiger partial charge in [-0.15, -0.1) is 5.10 Å². The summed E-state index contributed by atoms with van der Waals surface area (Å²) in [5.74, 6) is -0.911. The number of nitrogens with one attached hydrogen (secondary N) is 2. The zero-order valence-corrected chi connectivity index (χ0v) is 16.7. The molecule has 2 heterocycles. The fourth-order valence-electron chi connectivity index (χ4n) is 3.62. The molecule has 4 amide bonds. The highest BCUT2D eigenvalue weighted by atomic mass is 32.2. The Hall–Kier alpha value is -2.95. The highest BCUT2D eigenvalue weighted by Gasteiger charge is 2.52. The van der Waals surface area contributed by atoms with E-state index >= 15 is 0 Å². The molecule has 29 heavy (non-hydrogen) atoms. The fourth-order valence-corrected chi connectivity index (χ4v) is 4.30. The second-order valence-electron chi connectivity index (χ2n) is 7.25.